The lowest BCUT2D eigenvalue weighted by molar-refractivity contribution is 0.287. The largest absolute Gasteiger partial charge is 0.493 e. The third-order valence-electron chi connectivity index (χ3n) is 5.46. The SMILES string of the molecule is COc1ccc(N2COc3c(cc4c(C)c(C)c(=O)oc4c3C)C2)cc1OC. The standard InChI is InChI=1S/C22H23NO5/c1-12-13(2)22(24)28-21-14(3)20-15(8-17(12)21)10-23(11-27-20)16-6-7-18(25-4)19(9-16)26-5/h6-9H,10-11H2,1-5H3. The number of ether oxygens (including phenoxy) is 3. The van der Waals surface area contributed by atoms with Crippen LogP contribution >= 0.6 is 0 Å². The molecule has 0 saturated heterocycles. The van der Waals surface area contributed by atoms with Crippen molar-refractivity contribution >= 4 is 16.7 Å². The summed E-state index contributed by atoms with van der Waals surface area (Å²) in [6, 6.07) is 7.88. The summed E-state index contributed by atoms with van der Waals surface area (Å²) in [4.78, 5) is 14.2. The Hall–Kier alpha value is -3.15. The van der Waals surface area contributed by atoms with E-state index in [0.717, 1.165) is 33.5 Å². The molecule has 0 radical (unpaired) electrons. The zero-order valence-corrected chi connectivity index (χ0v) is 16.7. The fraction of sp³-hybridized carbons (Fsp3) is 0.318. The van der Waals surface area contributed by atoms with Crippen molar-refractivity contribution in [3.8, 4) is 17.2 Å². The monoisotopic (exact) mass is 381 g/mol. The van der Waals surface area contributed by atoms with Crippen LogP contribution in [0.2, 0.25) is 0 Å². The molecule has 3 aromatic rings. The Morgan fingerprint density at radius 2 is 1.71 bits per heavy atom. The fourth-order valence-electron chi connectivity index (χ4n) is 3.69. The zero-order chi connectivity index (χ0) is 20.0. The van der Waals surface area contributed by atoms with Crippen molar-refractivity contribution in [1.29, 1.82) is 0 Å². The van der Waals surface area contributed by atoms with E-state index >= 15 is 0 Å². The van der Waals surface area contributed by atoms with E-state index in [-0.39, 0.29) is 5.63 Å². The summed E-state index contributed by atoms with van der Waals surface area (Å²) in [6.07, 6.45) is 0. The van der Waals surface area contributed by atoms with Crippen molar-refractivity contribution in [2.45, 2.75) is 27.3 Å². The first-order valence-corrected chi connectivity index (χ1v) is 9.10. The number of benzene rings is 2. The minimum atomic E-state index is -0.296. The van der Waals surface area contributed by atoms with Crippen LogP contribution in [0.25, 0.3) is 11.0 Å². The van der Waals surface area contributed by atoms with E-state index in [2.05, 4.69) is 11.0 Å². The highest BCUT2D eigenvalue weighted by molar-refractivity contribution is 5.87. The molecule has 0 bridgehead atoms. The molecule has 6 heteroatoms. The van der Waals surface area contributed by atoms with Crippen LogP contribution in [0.15, 0.2) is 33.5 Å². The minimum absolute atomic E-state index is 0.296. The lowest BCUT2D eigenvalue weighted by Gasteiger charge is -2.32. The Bertz CT molecular complexity index is 1130. The number of rotatable bonds is 3. The molecule has 0 fully saturated rings. The van der Waals surface area contributed by atoms with Crippen molar-refractivity contribution in [1.82, 2.24) is 0 Å². The van der Waals surface area contributed by atoms with Gasteiger partial charge in [-0.3, -0.25) is 0 Å². The minimum Gasteiger partial charge on any atom is -0.493 e. The van der Waals surface area contributed by atoms with Gasteiger partial charge in [-0.2, -0.15) is 0 Å². The molecule has 0 amide bonds. The quantitative estimate of drug-likeness (QED) is 0.637. The topological polar surface area (TPSA) is 61.1 Å². The van der Waals surface area contributed by atoms with Crippen LogP contribution in [0, 0.1) is 20.8 Å². The van der Waals surface area contributed by atoms with E-state index in [1.165, 1.54) is 0 Å². The van der Waals surface area contributed by atoms with Crippen molar-refractivity contribution in [2.75, 3.05) is 25.9 Å². The summed E-state index contributed by atoms with van der Waals surface area (Å²) < 4.78 is 22.4. The van der Waals surface area contributed by atoms with E-state index < -0.39 is 0 Å². The normalized spacial score (nSPS) is 13.2. The summed E-state index contributed by atoms with van der Waals surface area (Å²) in [5, 5.41) is 0.950. The first-order valence-electron chi connectivity index (χ1n) is 9.10. The van der Waals surface area contributed by atoms with E-state index in [0.29, 0.717) is 35.9 Å². The summed E-state index contributed by atoms with van der Waals surface area (Å²) in [5.74, 6) is 2.15. The van der Waals surface area contributed by atoms with Gasteiger partial charge < -0.3 is 23.5 Å². The van der Waals surface area contributed by atoms with Crippen LogP contribution in [-0.4, -0.2) is 21.0 Å². The predicted octanol–water partition coefficient (Wildman–Crippen LogP) is 4.09. The average molecular weight is 381 g/mol. The molecular weight excluding hydrogens is 358 g/mol. The Morgan fingerprint density at radius 3 is 2.43 bits per heavy atom. The van der Waals surface area contributed by atoms with Crippen molar-refractivity contribution < 1.29 is 18.6 Å². The number of hydrogen-bond donors (Lipinski definition) is 0. The highest BCUT2D eigenvalue weighted by Crippen LogP contribution is 2.38. The third kappa shape index (κ3) is 2.76. The number of anilines is 1. The van der Waals surface area contributed by atoms with Crippen LogP contribution < -0.4 is 24.7 Å². The first kappa shape index (κ1) is 18.2. The molecule has 146 valence electrons. The second-order valence-corrected chi connectivity index (χ2v) is 7.02. The number of hydrogen-bond acceptors (Lipinski definition) is 6. The summed E-state index contributed by atoms with van der Waals surface area (Å²) in [7, 11) is 3.24. The van der Waals surface area contributed by atoms with E-state index in [9.17, 15) is 4.79 Å². The van der Waals surface area contributed by atoms with Gasteiger partial charge in [0.05, 0.1) is 14.2 Å². The Kier molecular flexibility index (Phi) is 4.41. The molecule has 1 aliphatic rings. The van der Waals surface area contributed by atoms with Gasteiger partial charge in [-0.05, 0) is 44.5 Å². The van der Waals surface area contributed by atoms with E-state index in [1.54, 1.807) is 21.1 Å². The highest BCUT2D eigenvalue weighted by atomic mass is 16.5. The van der Waals surface area contributed by atoms with Crippen LogP contribution in [0.1, 0.15) is 22.3 Å². The Morgan fingerprint density at radius 1 is 0.964 bits per heavy atom. The van der Waals surface area contributed by atoms with Gasteiger partial charge >= 0.3 is 5.63 Å². The molecule has 28 heavy (non-hydrogen) atoms. The number of methoxy groups -OCH3 is 2. The summed E-state index contributed by atoms with van der Waals surface area (Å²) in [6.45, 7) is 6.76. The molecule has 0 saturated carbocycles. The third-order valence-corrected chi connectivity index (χ3v) is 5.46. The molecule has 4 rings (SSSR count). The van der Waals surface area contributed by atoms with Crippen molar-refractivity contribution in [3.05, 3.63) is 56.9 Å². The molecule has 6 nitrogen and oxygen atoms in total. The van der Waals surface area contributed by atoms with Gasteiger partial charge in [0, 0.05) is 40.4 Å². The van der Waals surface area contributed by atoms with Crippen LogP contribution in [0.5, 0.6) is 17.2 Å². The van der Waals surface area contributed by atoms with Gasteiger partial charge in [-0.25, -0.2) is 4.79 Å². The smallest absolute Gasteiger partial charge is 0.339 e. The Balaban J connectivity index is 1.78. The maximum absolute atomic E-state index is 12.1. The molecule has 1 aliphatic heterocycles. The molecule has 0 atom stereocenters. The lowest BCUT2D eigenvalue weighted by atomic mass is 9.99. The van der Waals surface area contributed by atoms with E-state index in [4.69, 9.17) is 18.6 Å². The highest BCUT2D eigenvalue weighted by Gasteiger charge is 2.24. The van der Waals surface area contributed by atoms with Gasteiger partial charge in [0.15, 0.2) is 18.2 Å². The Labute approximate surface area is 163 Å². The number of fused-ring (bicyclic) bond motifs is 2. The summed E-state index contributed by atoms with van der Waals surface area (Å²) in [5.41, 5.74) is 4.79. The van der Waals surface area contributed by atoms with Gasteiger partial charge in [-0.15, -0.1) is 0 Å². The van der Waals surface area contributed by atoms with E-state index in [1.807, 2.05) is 32.0 Å². The van der Waals surface area contributed by atoms with Crippen LogP contribution in [0.4, 0.5) is 5.69 Å². The van der Waals surface area contributed by atoms with Gasteiger partial charge in [0.2, 0.25) is 0 Å². The lowest BCUT2D eigenvalue weighted by Crippen LogP contribution is -2.32. The van der Waals surface area contributed by atoms with Crippen molar-refractivity contribution in [3.63, 3.8) is 0 Å². The molecule has 0 spiro atoms. The fourth-order valence-corrected chi connectivity index (χ4v) is 3.69. The maximum atomic E-state index is 12.1. The zero-order valence-electron chi connectivity index (χ0n) is 16.7. The molecule has 2 heterocycles. The number of aryl methyl sites for hydroxylation is 2. The molecule has 1 aromatic heterocycles. The van der Waals surface area contributed by atoms with Crippen LogP contribution in [0.3, 0.4) is 0 Å². The molecule has 0 unspecified atom stereocenters. The second-order valence-electron chi connectivity index (χ2n) is 7.02. The van der Waals surface area contributed by atoms with Gasteiger partial charge in [-0.1, -0.05) is 0 Å². The first-order chi connectivity index (χ1) is 13.4. The maximum Gasteiger partial charge on any atom is 0.339 e. The molecule has 0 N–H and O–H groups in total. The van der Waals surface area contributed by atoms with Crippen molar-refractivity contribution in [2.24, 2.45) is 0 Å². The average Bonchev–Trinajstić information content (AvgIpc) is 2.72. The van der Waals surface area contributed by atoms with Gasteiger partial charge in [0.25, 0.3) is 0 Å². The second kappa shape index (κ2) is 6.78. The molecular formula is C22H23NO5. The predicted molar refractivity (Wildman–Crippen MR) is 108 cm³/mol. The molecule has 0 aliphatic carbocycles. The summed E-state index contributed by atoms with van der Waals surface area (Å²) >= 11 is 0. The van der Waals surface area contributed by atoms with Crippen LogP contribution in [-0.2, 0) is 6.54 Å². The molecule has 2 aromatic carbocycles. The number of nitrogens with zero attached hydrogens (tertiary/aromatic N) is 1. The van der Waals surface area contributed by atoms with Gasteiger partial charge in [0.1, 0.15) is 11.3 Å².